The number of halogens is 1. The van der Waals surface area contributed by atoms with Crippen LogP contribution in [0.3, 0.4) is 0 Å². The molecular weight excluding hydrogens is 915 g/mol. The molecule has 2 amide bonds. The van der Waals surface area contributed by atoms with Gasteiger partial charge in [-0.1, -0.05) is 84.9 Å². The molecule has 22 heteroatoms. The first-order valence-electron chi connectivity index (χ1n) is 22.7. The van der Waals surface area contributed by atoms with Crippen LogP contribution in [0.4, 0.5) is 16.2 Å². The van der Waals surface area contributed by atoms with Crippen LogP contribution in [0.15, 0.2) is 84.4 Å². The average Bonchev–Trinajstić information content (AvgIpc) is 4.07. The van der Waals surface area contributed by atoms with Crippen LogP contribution < -0.4 is 20.7 Å². The fourth-order valence-electron chi connectivity index (χ4n) is 8.06. The molecule has 362 valence electrons. The van der Waals surface area contributed by atoms with E-state index in [9.17, 15) is 14.4 Å². The topological polar surface area (TPSA) is 229 Å². The van der Waals surface area contributed by atoms with Crippen LogP contribution in [0.5, 0.6) is 5.75 Å². The Labute approximate surface area is 393 Å². The summed E-state index contributed by atoms with van der Waals surface area (Å²) in [5.41, 5.74) is 0.383. The lowest BCUT2D eigenvalue weighted by molar-refractivity contribution is -0.118. The molecule has 2 aliphatic rings. The summed E-state index contributed by atoms with van der Waals surface area (Å²) in [5, 5.41) is 5.11. The molecule has 9 unspecified atom stereocenters. The summed E-state index contributed by atoms with van der Waals surface area (Å²) in [6.45, 7) is 17.5. The van der Waals surface area contributed by atoms with E-state index < -0.39 is 64.3 Å². The summed E-state index contributed by atoms with van der Waals surface area (Å²) in [7, 11) is -6.93. The second-order valence-corrected chi connectivity index (χ2v) is 25.9. The van der Waals surface area contributed by atoms with E-state index >= 15 is 8.96 Å². The molecule has 0 spiro atoms. The highest BCUT2D eigenvalue weighted by Crippen LogP contribution is 2.56. The van der Waals surface area contributed by atoms with Crippen LogP contribution in [0, 0.1) is 11.8 Å². The highest BCUT2D eigenvalue weighted by Gasteiger charge is 2.53. The van der Waals surface area contributed by atoms with E-state index in [0.717, 1.165) is 0 Å². The molecule has 68 heavy (non-hydrogen) atoms. The summed E-state index contributed by atoms with van der Waals surface area (Å²) >= 11 is 0. The molecule has 6 aromatic rings. The van der Waals surface area contributed by atoms with Gasteiger partial charge in [0.15, 0.2) is 55.1 Å². The molecule has 0 aliphatic carbocycles. The van der Waals surface area contributed by atoms with Crippen molar-refractivity contribution < 1.29 is 41.5 Å². The Morgan fingerprint density at radius 1 is 0.897 bits per heavy atom. The number of nitrogens with one attached hydrogen (secondary N) is 3. The minimum atomic E-state index is -4.25. The van der Waals surface area contributed by atoms with E-state index in [4.69, 9.17) is 22.9 Å². The van der Waals surface area contributed by atoms with Crippen molar-refractivity contribution in [1.82, 2.24) is 39.0 Å². The van der Waals surface area contributed by atoms with E-state index in [1.54, 1.807) is 74.5 Å². The maximum Gasteiger partial charge on any atom is 0.379 e. The first kappa shape index (κ1) is 48.7. The lowest BCUT2D eigenvalue weighted by Crippen LogP contribution is -2.48. The Morgan fingerprint density at radius 2 is 1.54 bits per heavy atom. The summed E-state index contributed by atoms with van der Waals surface area (Å²) < 4.78 is 69.0. The van der Waals surface area contributed by atoms with Crippen LogP contribution in [0.2, 0.25) is 18.1 Å². The Hall–Kier alpha value is -5.70. The van der Waals surface area contributed by atoms with Crippen LogP contribution in [-0.4, -0.2) is 95.9 Å². The number of nitrogens with zero attached hydrogens (tertiary/aromatic N) is 7. The molecule has 19 nitrogen and oxygen atoms in total. The number of aromatic nitrogens is 8. The summed E-state index contributed by atoms with van der Waals surface area (Å²) in [5.74, 6) is -1.17. The number of H-pyrrole nitrogens is 1. The zero-order valence-corrected chi connectivity index (χ0v) is 41.3. The zero-order valence-electron chi connectivity index (χ0n) is 39.5. The van der Waals surface area contributed by atoms with Crippen molar-refractivity contribution in [3.05, 3.63) is 95.6 Å². The van der Waals surface area contributed by atoms with Gasteiger partial charge in [0, 0.05) is 17.4 Å². The number of carbonyl (C=O) groups is 2. The highest BCUT2D eigenvalue weighted by atomic mass is 31.2. The van der Waals surface area contributed by atoms with Crippen molar-refractivity contribution in [3.8, 4) is 5.75 Å². The molecule has 3 N–H and O–H groups in total. The second kappa shape index (κ2) is 19.4. The third kappa shape index (κ3) is 9.91. The number of imidazole rings is 2. The lowest BCUT2D eigenvalue weighted by atomic mass is 9.99. The van der Waals surface area contributed by atoms with Gasteiger partial charge >= 0.3 is 7.60 Å². The zero-order chi connectivity index (χ0) is 48.7. The number of aromatic amines is 1. The van der Waals surface area contributed by atoms with Crippen molar-refractivity contribution >= 4 is 61.8 Å². The minimum Gasteiger partial charge on any atom is -0.424 e. The van der Waals surface area contributed by atoms with Gasteiger partial charge in [-0.15, -0.1) is 0 Å². The number of amides is 2. The van der Waals surface area contributed by atoms with Crippen LogP contribution in [0.25, 0.3) is 22.3 Å². The number of para-hydroxylation sites is 1. The number of alkyl halides is 1. The number of benzene rings is 2. The van der Waals surface area contributed by atoms with Crippen molar-refractivity contribution in [2.45, 2.75) is 122 Å². The van der Waals surface area contributed by atoms with Crippen molar-refractivity contribution in [3.63, 3.8) is 0 Å². The van der Waals surface area contributed by atoms with Crippen LogP contribution >= 0.6 is 7.60 Å². The number of anilines is 2. The van der Waals surface area contributed by atoms with E-state index in [1.807, 2.05) is 26.9 Å². The smallest absolute Gasteiger partial charge is 0.379 e. The van der Waals surface area contributed by atoms with Crippen LogP contribution in [0.1, 0.15) is 84.1 Å². The molecule has 4 aromatic heterocycles. The van der Waals surface area contributed by atoms with Gasteiger partial charge in [0.25, 0.3) is 11.5 Å². The van der Waals surface area contributed by atoms with E-state index in [2.05, 4.69) is 61.3 Å². The second-order valence-electron chi connectivity index (χ2n) is 19.0. The van der Waals surface area contributed by atoms with Crippen molar-refractivity contribution in [1.29, 1.82) is 0 Å². The normalized spacial score (nSPS) is 24.1. The number of fused-ring (bicyclic) bond motifs is 2. The van der Waals surface area contributed by atoms with Gasteiger partial charge in [0.1, 0.15) is 24.3 Å². The summed E-state index contributed by atoms with van der Waals surface area (Å²) in [6, 6.07) is 17.2. The molecule has 0 radical (unpaired) electrons. The first-order valence-corrected chi connectivity index (χ1v) is 27.4. The standard InChI is InChI=1S/C46H58FN10O9PSi/c1-10-30-27(4)35(44(62-30)57-25-51-34-39(57)53-45(55-42(34)60)54-40(58)26(2)3)65-67(61,64-29-19-15-12-16-20-29)22-21-31-36(66-68(8,9)46(5,6)7)32(47)43(63-31)56-24-50-33-37(48-23-49-38(33)56)52-41(59)28-17-13-11-14-18-28/h11-20,23-27,30-32,35-36,43-44H,10,21-22H2,1-9H3,(H,48,49,52,59)(H2,53,54,55,58,60). The van der Waals surface area contributed by atoms with Gasteiger partial charge in [0.05, 0.1) is 31.0 Å². The quantitative estimate of drug-likeness (QED) is 0.0611. The number of hydrogen-bond acceptors (Lipinski definition) is 14. The third-order valence-corrected chi connectivity index (χ3v) is 19.3. The Kier molecular flexibility index (Phi) is 13.9. The first-order chi connectivity index (χ1) is 32.3. The van der Waals surface area contributed by atoms with Gasteiger partial charge in [-0.05, 0) is 55.2 Å². The molecular formula is C46H58FN10O9PSi. The van der Waals surface area contributed by atoms with Crippen LogP contribution in [-0.2, 0) is 27.8 Å². The number of ether oxygens (including phenoxy) is 2. The minimum absolute atomic E-state index is 0.00186. The third-order valence-electron chi connectivity index (χ3n) is 12.9. The monoisotopic (exact) mass is 972 g/mol. The van der Waals surface area contributed by atoms with Gasteiger partial charge < -0.3 is 23.7 Å². The predicted molar refractivity (Wildman–Crippen MR) is 255 cm³/mol. The molecule has 2 aliphatic heterocycles. The average molecular weight is 973 g/mol. The SMILES string of the molecule is CCC1OC(n2cnc3c(=O)[nH]c(NC(=O)C(C)C)nc32)C(OP(=O)(CCC2OC(n3cnc4c(NC(=O)c5ccccc5)ncnc43)C(F)C2O[Si](C)(C)C(C)(C)C)Oc2ccccc2)C1C. The fraction of sp³-hybridized carbons (Fsp3) is 0.478. The highest BCUT2D eigenvalue weighted by molar-refractivity contribution is 7.54. The lowest BCUT2D eigenvalue weighted by Gasteiger charge is -2.39. The largest absolute Gasteiger partial charge is 0.424 e. The van der Waals surface area contributed by atoms with Crippen molar-refractivity contribution in [2.75, 3.05) is 16.8 Å². The van der Waals surface area contributed by atoms with Gasteiger partial charge in [-0.3, -0.25) is 38.3 Å². The molecule has 6 heterocycles. The number of rotatable bonds is 16. The van der Waals surface area contributed by atoms with E-state index in [1.165, 1.54) is 28.1 Å². The predicted octanol–water partition coefficient (Wildman–Crippen LogP) is 8.42. The number of hydrogen-bond donors (Lipinski definition) is 3. The van der Waals surface area contributed by atoms with E-state index in [0.29, 0.717) is 12.0 Å². The maximum absolute atomic E-state index is 17.4. The van der Waals surface area contributed by atoms with E-state index in [-0.39, 0.29) is 81.3 Å². The fourth-order valence-corrected chi connectivity index (χ4v) is 11.3. The Bertz CT molecular complexity index is 2880. The molecule has 2 fully saturated rings. The van der Waals surface area contributed by atoms with Gasteiger partial charge in [0.2, 0.25) is 11.9 Å². The maximum atomic E-state index is 17.4. The summed E-state index contributed by atoms with van der Waals surface area (Å²) in [6.07, 6.45) is -3.13. The van der Waals surface area contributed by atoms with Gasteiger partial charge in [-0.25, -0.2) is 28.9 Å². The van der Waals surface area contributed by atoms with Crippen molar-refractivity contribution in [2.24, 2.45) is 11.8 Å². The molecule has 9 atom stereocenters. The van der Waals surface area contributed by atoms with Gasteiger partial charge in [-0.2, -0.15) is 4.98 Å². The Balaban J connectivity index is 1.12. The Morgan fingerprint density at radius 3 is 2.21 bits per heavy atom. The molecule has 0 bridgehead atoms. The molecule has 2 saturated heterocycles. The molecule has 0 saturated carbocycles. The number of carbonyl (C=O) groups excluding carboxylic acids is 2. The summed E-state index contributed by atoms with van der Waals surface area (Å²) in [4.78, 5) is 63.6. The molecule has 8 rings (SSSR count). The molecule has 2 aromatic carbocycles.